The third-order valence-electron chi connectivity index (χ3n) is 3.08. The summed E-state index contributed by atoms with van der Waals surface area (Å²) < 4.78 is 19.4. The Labute approximate surface area is 118 Å². The molecule has 0 fully saturated rings. The minimum absolute atomic E-state index is 0.207. The van der Waals surface area contributed by atoms with Gasteiger partial charge in [-0.05, 0) is 43.3 Å². The highest BCUT2D eigenvalue weighted by Crippen LogP contribution is 2.18. The number of hydrogen-bond acceptors (Lipinski definition) is 3. The number of halogens is 1. The van der Waals surface area contributed by atoms with Crippen LogP contribution in [0.15, 0.2) is 48.5 Å². The Morgan fingerprint density at radius 1 is 1.10 bits per heavy atom. The number of hydrogen-bond donors (Lipinski definition) is 1. The number of para-hydroxylation sites is 1. The molecule has 2 aromatic carbocycles. The molecule has 0 atom stereocenters. The van der Waals surface area contributed by atoms with Crippen molar-refractivity contribution in [3.05, 3.63) is 54.3 Å². The first-order valence-electron chi connectivity index (χ1n) is 6.68. The van der Waals surface area contributed by atoms with Crippen LogP contribution >= 0.6 is 0 Å². The number of anilines is 2. The molecule has 2 aromatic rings. The van der Waals surface area contributed by atoms with Gasteiger partial charge < -0.3 is 15.4 Å². The summed E-state index contributed by atoms with van der Waals surface area (Å²) in [6.07, 6.45) is 0. The number of ether oxygens (including phenoxy) is 1. The second kappa shape index (κ2) is 6.80. The van der Waals surface area contributed by atoms with Gasteiger partial charge in [0, 0.05) is 12.2 Å². The van der Waals surface area contributed by atoms with Gasteiger partial charge in [0.1, 0.15) is 18.2 Å². The predicted octanol–water partition coefficient (Wildman–Crippen LogP) is 3.31. The molecule has 0 unspecified atom stereocenters. The van der Waals surface area contributed by atoms with Crippen molar-refractivity contribution < 1.29 is 9.13 Å². The van der Waals surface area contributed by atoms with E-state index in [1.807, 2.05) is 30.0 Å². The van der Waals surface area contributed by atoms with E-state index in [1.54, 1.807) is 24.3 Å². The van der Waals surface area contributed by atoms with E-state index < -0.39 is 0 Å². The Kier molecular flexibility index (Phi) is 4.82. The average molecular weight is 274 g/mol. The molecule has 2 N–H and O–H groups in total. The first-order valence-corrected chi connectivity index (χ1v) is 6.68. The lowest BCUT2D eigenvalue weighted by Crippen LogP contribution is -2.28. The van der Waals surface area contributed by atoms with Crippen LogP contribution in [-0.4, -0.2) is 19.7 Å². The molecule has 106 valence electrons. The van der Waals surface area contributed by atoms with Gasteiger partial charge in [-0.15, -0.1) is 0 Å². The first kappa shape index (κ1) is 14.2. The number of nitrogens with zero attached hydrogens (tertiary/aromatic N) is 1. The molecule has 20 heavy (non-hydrogen) atoms. The first-order chi connectivity index (χ1) is 9.70. The molecular formula is C16H19FN2O. The lowest BCUT2D eigenvalue weighted by molar-refractivity contribution is 0.324. The van der Waals surface area contributed by atoms with Crippen LogP contribution in [0.3, 0.4) is 0 Å². The Morgan fingerprint density at radius 2 is 1.80 bits per heavy atom. The third-order valence-corrected chi connectivity index (χ3v) is 3.08. The molecule has 4 heteroatoms. The van der Waals surface area contributed by atoms with Gasteiger partial charge in [0.2, 0.25) is 0 Å². The maximum absolute atomic E-state index is 13.7. The lowest BCUT2D eigenvalue weighted by atomic mass is 10.2. The normalized spacial score (nSPS) is 10.3. The van der Waals surface area contributed by atoms with E-state index in [4.69, 9.17) is 10.5 Å². The molecule has 0 bridgehead atoms. The summed E-state index contributed by atoms with van der Waals surface area (Å²) in [4.78, 5) is 1.95. The van der Waals surface area contributed by atoms with E-state index in [1.165, 1.54) is 6.07 Å². The van der Waals surface area contributed by atoms with Crippen molar-refractivity contribution in [2.75, 3.05) is 30.3 Å². The Morgan fingerprint density at radius 3 is 2.45 bits per heavy atom. The van der Waals surface area contributed by atoms with Gasteiger partial charge >= 0.3 is 0 Å². The molecule has 3 nitrogen and oxygen atoms in total. The van der Waals surface area contributed by atoms with E-state index in [0.717, 1.165) is 12.3 Å². The smallest absolute Gasteiger partial charge is 0.146 e. The summed E-state index contributed by atoms with van der Waals surface area (Å²) in [5, 5.41) is 0. The molecule has 0 aliphatic heterocycles. The zero-order valence-corrected chi connectivity index (χ0v) is 11.6. The molecule has 0 aromatic heterocycles. The highest BCUT2D eigenvalue weighted by Gasteiger charge is 2.08. The zero-order valence-electron chi connectivity index (χ0n) is 11.6. The molecule has 2 rings (SSSR count). The fourth-order valence-electron chi connectivity index (χ4n) is 1.99. The van der Waals surface area contributed by atoms with E-state index in [2.05, 4.69) is 0 Å². The van der Waals surface area contributed by atoms with Crippen LogP contribution in [0, 0.1) is 5.82 Å². The van der Waals surface area contributed by atoms with Gasteiger partial charge in [-0.2, -0.15) is 0 Å². The highest BCUT2D eigenvalue weighted by molar-refractivity contribution is 5.47. The van der Waals surface area contributed by atoms with Crippen molar-refractivity contribution >= 4 is 11.4 Å². The number of benzene rings is 2. The largest absolute Gasteiger partial charge is 0.492 e. The Bertz CT molecular complexity index is 542. The van der Waals surface area contributed by atoms with Crippen LogP contribution < -0.4 is 15.4 Å². The van der Waals surface area contributed by atoms with Crippen LogP contribution in [-0.2, 0) is 0 Å². The van der Waals surface area contributed by atoms with Gasteiger partial charge in [-0.1, -0.05) is 12.1 Å². The van der Waals surface area contributed by atoms with E-state index in [-0.39, 0.29) is 5.82 Å². The standard InChI is InChI=1S/C16H19FN2O/c1-2-19(16-6-4-3-5-15(16)17)11-12-20-14-9-7-13(18)8-10-14/h3-10H,2,11-12,18H2,1H3. The van der Waals surface area contributed by atoms with Crippen LogP contribution in [0.2, 0.25) is 0 Å². The minimum Gasteiger partial charge on any atom is -0.492 e. The number of rotatable bonds is 6. The van der Waals surface area contributed by atoms with Crippen molar-refractivity contribution in [1.29, 1.82) is 0 Å². The summed E-state index contributed by atoms with van der Waals surface area (Å²) in [6.45, 7) is 3.84. The van der Waals surface area contributed by atoms with Crippen LogP contribution in [0.1, 0.15) is 6.92 Å². The van der Waals surface area contributed by atoms with Crippen molar-refractivity contribution in [2.45, 2.75) is 6.92 Å². The van der Waals surface area contributed by atoms with Crippen molar-refractivity contribution in [2.24, 2.45) is 0 Å². The number of nitrogen functional groups attached to an aromatic ring is 1. The molecule has 0 heterocycles. The Hall–Kier alpha value is -2.23. The maximum atomic E-state index is 13.7. The van der Waals surface area contributed by atoms with Crippen molar-refractivity contribution in [1.82, 2.24) is 0 Å². The fourth-order valence-corrected chi connectivity index (χ4v) is 1.99. The summed E-state index contributed by atoms with van der Waals surface area (Å²) in [6, 6.07) is 14.0. The summed E-state index contributed by atoms with van der Waals surface area (Å²) in [5.41, 5.74) is 6.93. The second-order valence-corrected chi connectivity index (χ2v) is 4.45. The summed E-state index contributed by atoms with van der Waals surface area (Å²) in [7, 11) is 0. The fraction of sp³-hybridized carbons (Fsp3) is 0.250. The molecule has 0 radical (unpaired) electrons. The molecule has 0 amide bonds. The number of likely N-dealkylation sites (N-methyl/N-ethyl adjacent to an activating group) is 1. The van der Waals surface area contributed by atoms with E-state index in [9.17, 15) is 4.39 Å². The molecule has 0 saturated heterocycles. The summed E-state index contributed by atoms with van der Waals surface area (Å²) >= 11 is 0. The SMILES string of the molecule is CCN(CCOc1ccc(N)cc1)c1ccccc1F. The van der Waals surface area contributed by atoms with Crippen LogP contribution in [0.4, 0.5) is 15.8 Å². The number of nitrogens with two attached hydrogens (primary N) is 1. The molecule has 0 spiro atoms. The zero-order chi connectivity index (χ0) is 14.4. The van der Waals surface area contributed by atoms with Crippen molar-refractivity contribution in [3.8, 4) is 5.75 Å². The summed E-state index contributed by atoms with van der Waals surface area (Å²) in [5.74, 6) is 0.561. The van der Waals surface area contributed by atoms with Gasteiger partial charge in [-0.3, -0.25) is 0 Å². The Balaban J connectivity index is 1.91. The molecule has 0 aliphatic rings. The van der Waals surface area contributed by atoms with Crippen LogP contribution in [0.5, 0.6) is 5.75 Å². The van der Waals surface area contributed by atoms with Gasteiger partial charge in [0.25, 0.3) is 0 Å². The topological polar surface area (TPSA) is 38.5 Å². The van der Waals surface area contributed by atoms with Gasteiger partial charge in [0.05, 0.1) is 12.2 Å². The monoisotopic (exact) mass is 274 g/mol. The average Bonchev–Trinajstić information content (AvgIpc) is 2.47. The lowest BCUT2D eigenvalue weighted by Gasteiger charge is -2.23. The van der Waals surface area contributed by atoms with Crippen molar-refractivity contribution in [3.63, 3.8) is 0 Å². The van der Waals surface area contributed by atoms with Crippen LogP contribution in [0.25, 0.3) is 0 Å². The quantitative estimate of drug-likeness (QED) is 0.821. The maximum Gasteiger partial charge on any atom is 0.146 e. The second-order valence-electron chi connectivity index (χ2n) is 4.45. The van der Waals surface area contributed by atoms with Gasteiger partial charge in [0.15, 0.2) is 0 Å². The molecule has 0 aliphatic carbocycles. The van der Waals surface area contributed by atoms with E-state index >= 15 is 0 Å². The third kappa shape index (κ3) is 3.63. The molecular weight excluding hydrogens is 255 g/mol. The predicted molar refractivity (Wildman–Crippen MR) is 80.6 cm³/mol. The molecule has 0 saturated carbocycles. The van der Waals surface area contributed by atoms with Gasteiger partial charge in [-0.25, -0.2) is 4.39 Å². The highest BCUT2D eigenvalue weighted by atomic mass is 19.1. The minimum atomic E-state index is -0.207. The van der Waals surface area contributed by atoms with E-state index in [0.29, 0.717) is 24.5 Å².